The molecule has 0 saturated carbocycles. The maximum absolute atomic E-state index is 12.7. The maximum Gasteiger partial charge on any atom is 0.253 e. The second kappa shape index (κ2) is 7.97. The Morgan fingerprint density at radius 1 is 1.08 bits per heavy atom. The van der Waals surface area contributed by atoms with Crippen LogP contribution in [0.2, 0.25) is 0 Å². The summed E-state index contributed by atoms with van der Waals surface area (Å²) in [4.78, 5) is 28.2. The van der Waals surface area contributed by atoms with Crippen LogP contribution in [0.5, 0.6) is 0 Å². The van der Waals surface area contributed by atoms with Crippen LogP contribution in [0.1, 0.15) is 35.7 Å². The second-order valence-corrected chi connectivity index (χ2v) is 6.32. The van der Waals surface area contributed by atoms with Crippen molar-refractivity contribution < 1.29 is 9.59 Å². The van der Waals surface area contributed by atoms with Gasteiger partial charge in [-0.15, -0.1) is 0 Å². The van der Waals surface area contributed by atoms with Crippen LogP contribution in [0.15, 0.2) is 54.6 Å². The lowest BCUT2D eigenvalue weighted by atomic mass is 10.1. The number of amides is 2. The number of carbonyl (C=O) groups is 2. The number of rotatable bonds is 6. The van der Waals surface area contributed by atoms with Gasteiger partial charge in [0, 0.05) is 37.3 Å². The molecule has 1 saturated heterocycles. The van der Waals surface area contributed by atoms with Crippen molar-refractivity contribution in [1.29, 1.82) is 0 Å². The lowest BCUT2D eigenvalue weighted by molar-refractivity contribution is -0.117. The predicted octanol–water partition coefficient (Wildman–Crippen LogP) is 3.52. The first-order valence-corrected chi connectivity index (χ1v) is 8.92. The smallest absolute Gasteiger partial charge is 0.253 e. The molecule has 0 unspecified atom stereocenters. The largest absolute Gasteiger partial charge is 0.339 e. The maximum atomic E-state index is 12.7. The van der Waals surface area contributed by atoms with Gasteiger partial charge in [0.2, 0.25) is 5.91 Å². The van der Waals surface area contributed by atoms with Crippen molar-refractivity contribution in [1.82, 2.24) is 4.90 Å². The number of nitrogens with zero attached hydrogens (tertiary/aromatic N) is 2. The summed E-state index contributed by atoms with van der Waals surface area (Å²) in [6.07, 6.45) is 2.37. The first-order chi connectivity index (χ1) is 12.2. The molecule has 2 amide bonds. The minimum absolute atomic E-state index is 0.0396. The molecule has 1 aliphatic rings. The van der Waals surface area contributed by atoms with Gasteiger partial charge in [-0.25, -0.2) is 0 Å². The highest BCUT2D eigenvalue weighted by atomic mass is 16.2. The third-order valence-electron chi connectivity index (χ3n) is 4.68. The quantitative estimate of drug-likeness (QED) is 0.810. The molecule has 1 heterocycles. The van der Waals surface area contributed by atoms with Crippen molar-refractivity contribution in [3.63, 3.8) is 0 Å². The average Bonchev–Trinajstić information content (AvgIpc) is 3.09. The highest BCUT2D eigenvalue weighted by Crippen LogP contribution is 2.22. The zero-order valence-corrected chi connectivity index (χ0v) is 14.6. The fourth-order valence-corrected chi connectivity index (χ4v) is 3.20. The molecule has 3 rings (SSSR count). The molecule has 1 fully saturated rings. The van der Waals surface area contributed by atoms with E-state index >= 15 is 0 Å². The fourth-order valence-electron chi connectivity index (χ4n) is 3.20. The number of hydrogen-bond acceptors (Lipinski definition) is 2. The molecule has 0 atom stereocenters. The molecule has 4 nitrogen and oxygen atoms in total. The van der Waals surface area contributed by atoms with Crippen molar-refractivity contribution in [3.8, 4) is 0 Å². The van der Waals surface area contributed by atoms with Gasteiger partial charge in [0.1, 0.15) is 0 Å². The summed E-state index contributed by atoms with van der Waals surface area (Å²) in [5.74, 6) is 0.204. The van der Waals surface area contributed by atoms with Crippen LogP contribution in [0.3, 0.4) is 0 Å². The molecule has 25 heavy (non-hydrogen) atoms. The molecule has 0 radical (unpaired) electrons. The van der Waals surface area contributed by atoms with Gasteiger partial charge in [-0.1, -0.05) is 30.3 Å². The zero-order valence-electron chi connectivity index (χ0n) is 14.6. The van der Waals surface area contributed by atoms with Crippen LogP contribution < -0.4 is 4.90 Å². The van der Waals surface area contributed by atoms with E-state index in [0.29, 0.717) is 25.1 Å². The molecular formula is C21H24N2O2. The van der Waals surface area contributed by atoms with E-state index < -0.39 is 0 Å². The number of anilines is 1. The Bertz CT molecular complexity index is 725. The highest BCUT2D eigenvalue weighted by molar-refractivity contribution is 5.97. The summed E-state index contributed by atoms with van der Waals surface area (Å²) in [6.45, 7) is 4.15. The Kier molecular flexibility index (Phi) is 5.49. The van der Waals surface area contributed by atoms with Gasteiger partial charge in [0.25, 0.3) is 5.91 Å². The second-order valence-electron chi connectivity index (χ2n) is 6.32. The van der Waals surface area contributed by atoms with Crippen molar-refractivity contribution in [2.45, 2.75) is 26.2 Å². The summed E-state index contributed by atoms with van der Waals surface area (Å²) in [5, 5.41) is 0. The molecule has 2 aromatic carbocycles. The zero-order chi connectivity index (χ0) is 17.6. The molecule has 1 aliphatic heterocycles. The van der Waals surface area contributed by atoms with E-state index in [4.69, 9.17) is 0 Å². The molecular weight excluding hydrogens is 312 g/mol. The Morgan fingerprint density at radius 3 is 2.40 bits per heavy atom. The van der Waals surface area contributed by atoms with E-state index in [1.54, 1.807) is 4.90 Å². The monoisotopic (exact) mass is 336 g/mol. The highest BCUT2D eigenvalue weighted by Gasteiger charge is 2.22. The van der Waals surface area contributed by atoms with Crippen molar-refractivity contribution in [2.75, 3.05) is 24.5 Å². The van der Waals surface area contributed by atoms with E-state index in [1.807, 2.05) is 54.3 Å². The lowest BCUT2D eigenvalue weighted by Gasteiger charge is -2.22. The normalized spacial score (nSPS) is 14.0. The molecule has 2 aromatic rings. The molecule has 0 spiro atoms. The van der Waals surface area contributed by atoms with Gasteiger partial charge in [0.15, 0.2) is 0 Å². The third kappa shape index (κ3) is 4.08. The first kappa shape index (κ1) is 17.2. The standard InChI is InChI=1S/C21H24N2O2/c1-2-22(16-14-17-7-4-3-5-8-17)21(25)18-10-12-19(13-11-18)23-15-6-9-20(23)24/h3-5,7-8,10-13H,2,6,9,14-16H2,1H3. The van der Waals surface area contributed by atoms with Gasteiger partial charge in [-0.2, -0.15) is 0 Å². The van der Waals surface area contributed by atoms with Crippen molar-refractivity contribution >= 4 is 17.5 Å². The topological polar surface area (TPSA) is 40.6 Å². The van der Waals surface area contributed by atoms with Gasteiger partial charge in [-0.05, 0) is 49.6 Å². The van der Waals surface area contributed by atoms with E-state index in [0.717, 1.165) is 25.1 Å². The summed E-state index contributed by atoms with van der Waals surface area (Å²) in [6, 6.07) is 17.6. The predicted molar refractivity (Wildman–Crippen MR) is 99.8 cm³/mol. The Labute approximate surface area is 149 Å². The van der Waals surface area contributed by atoms with Crippen LogP contribution in [-0.2, 0) is 11.2 Å². The number of benzene rings is 2. The van der Waals surface area contributed by atoms with Gasteiger partial charge in [-0.3, -0.25) is 9.59 Å². The molecule has 4 heteroatoms. The molecule has 0 aliphatic carbocycles. The van der Waals surface area contributed by atoms with Gasteiger partial charge >= 0.3 is 0 Å². The SMILES string of the molecule is CCN(CCc1ccccc1)C(=O)c1ccc(N2CCCC2=O)cc1. The average molecular weight is 336 g/mol. The first-order valence-electron chi connectivity index (χ1n) is 8.92. The van der Waals surface area contributed by atoms with Gasteiger partial charge < -0.3 is 9.80 Å². The van der Waals surface area contributed by atoms with E-state index in [9.17, 15) is 9.59 Å². The van der Waals surface area contributed by atoms with Crippen LogP contribution in [-0.4, -0.2) is 36.3 Å². The molecule has 0 N–H and O–H groups in total. The third-order valence-corrected chi connectivity index (χ3v) is 4.68. The Morgan fingerprint density at radius 2 is 1.80 bits per heavy atom. The van der Waals surface area contributed by atoms with Crippen LogP contribution in [0, 0.1) is 0 Å². The van der Waals surface area contributed by atoms with E-state index in [2.05, 4.69) is 12.1 Å². The fraction of sp³-hybridized carbons (Fsp3) is 0.333. The van der Waals surface area contributed by atoms with E-state index in [1.165, 1.54) is 5.56 Å². The van der Waals surface area contributed by atoms with Gasteiger partial charge in [0.05, 0.1) is 0 Å². The molecule has 130 valence electrons. The number of carbonyl (C=O) groups excluding carboxylic acids is 2. The minimum Gasteiger partial charge on any atom is -0.339 e. The minimum atomic E-state index is 0.0396. The Hall–Kier alpha value is -2.62. The summed E-state index contributed by atoms with van der Waals surface area (Å²) < 4.78 is 0. The molecule has 0 aromatic heterocycles. The van der Waals surface area contributed by atoms with Crippen molar-refractivity contribution in [3.05, 3.63) is 65.7 Å². The van der Waals surface area contributed by atoms with E-state index in [-0.39, 0.29) is 11.8 Å². The lowest BCUT2D eigenvalue weighted by Crippen LogP contribution is -2.32. The van der Waals surface area contributed by atoms with Crippen molar-refractivity contribution in [2.24, 2.45) is 0 Å². The molecule has 0 bridgehead atoms. The summed E-state index contributed by atoms with van der Waals surface area (Å²) >= 11 is 0. The van der Waals surface area contributed by atoms with Crippen LogP contribution in [0.4, 0.5) is 5.69 Å². The van der Waals surface area contributed by atoms with Crippen LogP contribution in [0.25, 0.3) is 0 Å². The number of hydrogen-bond donors (Lipinski definition) is 0. The van der Waals surface area contributed by atoms with Crippen LogP contribution >= 0.6 is 0 Å². The summed E-state index contributed by atoms with van der Waals surface area (Å²) in [7, 11) is 0. The Balaban J connectivity index is 1.65. The number of likely N-dealkylation sites (N-methyl/N-ethyl adjacent to an activating group) is 1. The summed E-state index contributed by atoms with van der Waals surface area (Å²) in [5.41, 5.74) is 2.79.